The number of carbonyl (C=O) groups excluding carboxylic acids is 1. The van der Waals surface area contributed by atoms with Crippen LogP contribution >= 0.6 is 24.0 Å². The number of ether oxygens (including phenoxy) is 1. The van der Waals surface area contributed by atoms with Gasteiger partial charge < -0.3 is 20.3 Å². The number of nitrogens with zero attached hydrogens (tertiary/aromatic N) is 2. The highest BCUT2D eigenvalue weighted by molar-refractivity contribution is 14.0. The molecule has 6 nitrogen and oxygen atoms in total. The number of carbonyl (C=O) groups is 1. The summed E-state index contributed by atoms with van der Waals surface area (Å²) in [5.74, 6) is 1.61. The topological polar surface area (TPSA) is 66.0 Å². The Morgan fingerprint density at radius 1 is 1.21 bits per heavy atom. The minimum absolute atomic E-state index is 0. The maximum atomic E-state index is 11.6. The van der Waals surface area contributed by atoms with Crippen molar-refractivity contribution in [2.75, 3.05) is 33.2 Å². The summed E-state index contributed by atoms with van der Waals surface area (Å²) in [6, 6.07) is 10.7. The van der Waals surface area contributed by atoms with E-state index < -0.39 is 5.60 Å². The minimum Gasteiger partial charge on any atom is -0.444 e. The second-order valence-electron chi connectivity index (χ2n) is 8.05. The number of hydrogen-bond donors (Lipinski definition) is 2. The first kappa shape index (κ1) is 24.5. The Balaban J connectivity index is 0.00000392. The molecule has 1 atom stereocenters. The zero-order valence-corrected chi connectivity index (χ0v) is 19.9. The monoisotopic (exact) mass is 502 g/mol. The van der Waals surface area contributed by atoms with Crippen LogP contribution in [0.15, 0.2) is 35.3 Å². The van der Waals surface area contributed by atoms with E-state index in [1.165, 1.54) is 12.0 Å². The molecule has 2 rings (SSSR count). The number of benzene rings is 1. The molecule has 7 heteroatoms. The van der Waals surface area contributed by atoms with E-state index in [4.69, 9.17) is 4.74 Å². The Morgan fingerprint density at radius 3 is 2.54 bits per heavy atom. The van der Waals surface area contributed by atoms with Crippen molar-refractivity contribution in [3.63, 3.8) is 0 Å². The van der Waals surface area contributed by atoms with Gasteiger partial charge in [0.15, 0.2) is 5.96 Å². The van der Waals surface area contributed by atoms with Gasteiger partial charge in [-0.2, -0.15) is 0 Å². The summed E-state index contributed by atoms with van der Waals surface area (Å²) in [6.07, 6.45) is 2.76. The molecule has 158 valence electrons. The van der Waals surface area contributed by atoms with E-state index in [1.54, 1.807) is 0 Å². The zero-order chi connectivity index (χ0) is 19.7. The summed E-state index contributed by atoms with van der Waals surface area (Å²) in [5.41, 5.74) is 0.941. The van der Waals surface area contributed by atoms with E-state index in [9.17, 15) is 4.79 Å². The summed E-state index contributed by atoms with van der Waals surface area (Å²) in [6.45, 7) is 8.99. The van der Waals surface area contributed by atoms with Crippen LogP contribution in [0, 0.1) is 5.92 Å². The standard InChI is InChI=1S/C21H34N4O2.HI/c1-21(2,3)27-20(26)24-13-8-12-23-19(22-4)25-14-11-18(16-25)15-17-9-6-5-7-10-17;/h5-7,9-10,18H,8,11-16H2,1-4H3,(H,22,23)(H,24,26);1H. The Hall–Kier alpha value is -1.51. The quantitative estimate of drug-likeness (QED) is 0.270. The molecule has 1 unspecified atom stereocenters. The second-order valence-corrected chi connectivity index (χ2v) is 8.05. The Kier molecular flexibility index (Phi) is 10.6. The average molecular weight is 502 g/mol. The lowest BCUT2D eigenvalue weighted by molar-refractivity contribution is 0.0527. The molecular weight excluding hydrogens is 467 g/mol. The number of halogens is 1. The number of likely N-dealkylation sites (tertiary alicyclic amines) is 1. The molecule has 1 heterocycles. The third-order valence-electron chi connectivity index (χ3n) is 4.47. The number of rotatable bonds is 6. The first-order valence-electron chi connectivity index (χ1n) is 9.84. The Bertz CT molecular complexity index is 617. The first-order valence-corrected chi connectivity index (χ1v) is 9.84. The smallest absolute Gasteiger partial charge is 0.407 e. The van der Waals surface area contributed by atoms with Crippen LogP contribution in [0.2, 0.25) is 0 Å². The van der Waals surface area contributed by atoms with E-state index in [-0.39, 0.29) is 30.1 Å². The van der Waals surface area contributed by atoms with E-state index in [2.05, 4.69) is 50.9 Å². The van der Waals surface area contributed by atoms with Gasteiger partial charge in [-0.15, -0.1) is 24.0 Å². The van der Waals surface area contributed by atoms with E-state index in [1.807, 2.05) is 27.8 Å². The molecule has 1 fully saturated rings. The summed E-state index contributed by atoms with van der Waals surface area (Å²) in [5, 5.41) is 6.18. The average Bonchev–Trinajstić information content (AvgIpc) is 3.05. The lowest BCUT2D eigenvalue weighted by atomic mass is 9.99. The molecule has 0 radical (unpaired) electrons. The molecule has 0 aliphatic carbocycles. The van der Waals surface area contributed by atoms with E-state index in [0.29, 0.717) is 12.5 Å². The summed E-state index contributed by atoms with van der Waals surface area (Å²) >= 11 is 0. The molecule has 0 bridgehead atoms. The number of amides is 1. The van der Waals surface area contributed by atoms with Gasteiger partial charge in [-0.25, -0.2) is 4.79 Å². The maximum Gasteiger partial charge on any atom is 0.407 e. The predicted octanol–water partition coefficient (Wildman–Crippen LogP) is 3.66. The fourth-order valence-corrected chi connectivity index (χ4v) is 3.26. The van der Waals surface area contributed by atoms with Crippen molar-refractivity contribution in [1.82, 2.24) is 15.5 Å². The first-order chi connectivity index (χ1) is 12.9. The fraction of sp³-hybridized carbons (Fsp3) is 0.619. The van der Waals surface area contributed by atoms with Gasteiger partial charge in [-0.05, 0) is 51.5 Å². The van der Waals surface area contributed by atoms with Gasteiger partial charge >= 0.3 is 6.09 Å². The molecule has 0 saturated carbocycles. The third kappa shape index (κ3) is 9.12. The van der Waals surface area contributed by atoms with Gasteiger partial charge in [-0.1, -0.05) is 30.3 Å². The highest BCUT2D eigenvalue weighted by Gasteiger charge is 2.24. The van der Waals surface area contributed by atoms with Gasteiger partial charge in [-0.3, -0.25) is 4.99 Å². The molecule has 1 aliphatic rings. The Labute approximate surface area is 186 Å². The van der Waals surface area contributed by atoms with Gasteiger partial charge in [0, 0.05) is 33.2 Å². The SMILES string of the molecule is CN=C(NCCCNC(=O)OC(C)(C)C)N1CCC(Cc2ccccc2)C1.I. The van der Waals surface area contributed by atoms with Crippen LogP contribution in [0.5, 0.6) is 0 Å². The number of guanidine groups is 1. The van der Waals surface area contributed by atoms with Gasteiger partial charge in [0.2, 0.25) is 0 Å². The fourth-order valence-electron chi connectivity index (χ4n) is 3.26. The molecule has 1 aromatic rings. The van der Waals surface area contributed by atoms with Gasteiger partial charge in [0.05, 0.1) is 0 Å². The van der Waals surface area contributed by atoms with Crippen LogP contribution in [-0.2, 0) is 11.2 Å². The van der Waals surface area contributed by atoms with Crippen molar-refractivity contribution < 1.29 is 9.53 Å². The summed E-state index contributed by atoms with van der Waals surface area (Å²) < 4.78 is 5.23. The van der Waals surface area contributed by atoms with Crippen molar-refractivity contribution in [2.24, 2.45) is 10.9 Å². The number of aliphatic imine (C=N–C) groups is 1. The van der Waals surface area contributed by atoms with Crippen LogP contribution in [0.1, 0.15) is 39.2 Å². The normalized spacial score (nSPS) is 17.1. The van der Waals surface area contributed by atoms with Crippen LogP contribution in [0.25, 0.3) is 0 Å². The molecule has 1 aliphatic heterocycles. The predicted molar refractivity (Wildman–Crippen MR) is 125 cm³/mol. The van der Waals surface area contributed by atoms with Gasteiger partial charge in [0.1, 0.15) is 5.60 Å². The molecular formula is C21H35IN4O2. The third-order valence-corrected chi connectivity index (χ3v) is 4.47. The molecule has 1 amide bonds. The molecule has 0 aromatic heterocycles. The van der Waals surface area contributed by atoms with E-state index >= 15 is 0 Å². The lowest BCUT2D eigenvalue weighted by Crippen LogP contribution is -2.41. The van der Waals surface area contributed by atoms with E-state index in [0.717, 1.165) is 38.4 Å². The van der Waals surface area contributed by atoms with Crippen molar-refractivity contribution in [3.05, 3.63) is 35.9 Å². The zero-order valence-electron chi connectivity index (χ0n) is 17.5. The molecule has 1 aromatic carbocycles. The van der Waals surface area contributed by atoms with Crippen molar-refractivity contribution in [3.8, 4) is 0 Å². The van der Waals surface area contributed by atoms with Gasteiger partial charge in [0.25, 0.3) is 0 Å². The summed E-state index contributed by atoms with van der Waals surface area (Å²) in [7, 11) is 1.83. The number of alkyl carbamates (subject to hydrolysis) is 1. The molecule has 0 spiro atoms. The summed E-state index contributed by atoms with van der Waals surface area (Å²) in [4.78, 5) is 18.4. The molecule has 1 saturated heterocycles. The van der Waals surface area contributed by atoms with Crippen LogP contribution in [0.3, 0.4) is 0 Å². The van der Waals surface area contributed by atoms with Crippen molar-refractivity contribution in [1.29, 1.82) is 0 Å². The van der Waals surface area contributed by atoms with Crippen LogP contribution in [-0.4, -0.2) is 55.8 Å². The molecule has 28 heavy (non-hydrogen) atoms. The molecule has 2 N–H and O–H groups in total. The number of nitrogens with one attached hydrogen (secondary N) is 2. The lowest BCUT2D eigenvalue weighted by Gasteiger charge is -2.22. The largest absolute Gasteiger partial charge is 0.444 e. The highest BCUT2D eigenvalue weighted by atomic mass is 127. The second kappa shape index (κ2) is 12.1. The highest BCUT2D eigenvalue weighted by Crippen LogP contribution is 2.20. The number of hydrogen-bond acceptors (Lipinski definition) is 3. The maximum absolute atomic E-state index is 11.6. The Morgan fingerprint density at radius 2 is 1.89 bits per heavy atom. The van der Waals surface area contributed by atoms with Crippen molar-refractivity contribution >= 4 is 36.0 Å². The van der Waals surface area contributed by atoms with Crippen LogP contribution < -0.4 is 10.6 Å². The van der Waals surface area contributed by atoms with Crippen molar-refractivity contribution in [2.45, 2.75) is 45.6 Å². The van der Waals surface area contributed by atoms with Crippen LogP contribution in [0.4, 0.5) is 4.79 Å². The minimum atomic E-state index is -0.462.